The number of hydrogen-bond donors (Lipinski definition) is 2. The van der Waals surface area contributed by atoms with Crippen LogP contribution in [0.3, 0.4) is 0 Å². The normalized spacial score (nSPS) is 30.2. The molecule has 1 aromatic carbocycles. The Kier molecular flexibility index (Phi) is 7.15. The molecule has 0 radical (unpaired) electrons. The number of ether oxygens (including phenoxy) is 3. The van der Waals surface area contributed by atoms with Crippen molar-refractivity contribution in [1.29, 1.82) is 0 Å². The van der Waals surface area contributed by atoms with E-state index in [-0.39, 0.29) is 24.9 Å². The third-order valence-electron chi connectivity index (χ3n) is 5.85. The van der Waals surface area contributed by atoms with Crippen LogP contribution >= 0.6 is 24.2 Å². The van der Waals surface area contributed by atoms with Gasteiger partial charge in [0.1, 0.15) is 36.2 Å². The van der Waals surface area contributed by atoms with Crippen molar-refractivity contribution < 1.29 is 33.4 Å². The lowest BCUT2D eigenvalue weighted by Gasteiger charge is -2.44. The number of carbonyl (C=O) groups is 4. The monoisotopic (exact) mass is 499 g/mol. The summed E-state index contributed by atoms with van der Waals surface area (Å²) in [7, 11) is 0. The zero-order valence-electron chi connectivity index (χ0n) is 18.3. The van der Waals surface area contributed by atoms with Crippen molar-refractivity contribution in [2.24, 2.45) is 5.73 Å². The molecule has 6 unspecified atom stereocenters. The van der Waals surface area contributed by atoms with Crippen LogP contribution in [0.15, 0.2) is 30.3 Å². The molecule has 180 valence electrons. The summed E-state index contributed by atoms with van der Waals surface area (Å²) in [6, 6.07) is 6.35. The molecular weight excluding hydrogens is 474 g/mol. The number of benzene rings is 1. The molecule has 3 saturated heterocycles. The Morgan fingerprint density at radius 3 is 2.52 bits per heavy atom. The zero-order chi connectivity index (χ0) is 23.2. The fraction of sp³-hybridized carbons (Fsp3) is 0.524. The molecule has 6 atom stereocenters. The average molecular weight is 500 g/mol. The van der Waals surface area contributed by atoms with E-state index in [1.807, 2.05) is 19.9 Å². The minimum absolute atomic E-state index is 0. The van der Waals surface area contributed by atoms with E-state index in [1.54, 1.807) is 31.2 Å². The SMILES string of the molecule is CC1OC(=O)OC1COC(=O)C1N2C(=O)C(NC(=O)C(N)c3ccccc3)C2SC1(C)C.Cl. The molecular formula is C21H26ClN3O7S. The molecule has 0 bridgehead atoms. The summed E-state index contributed by atoms with van der Waals surface area (Å²) in [5.74, 6) is -1.43. The van der Waals surface area contributed by atoms with E-state index < -0.39 is 58.5 Å². The molecule has 3 N–H and O–H groups in total. The van der Waals surface area contributed by atoms with Gasteiger partial charge in [0.25, 0.3) is 0 Å². The molecule has 2 amide bonds. The first-order valence-corrected chi connectivity index (χ1v) is 11.1. The van der Waals surface area contributed by atoms with Gasteiger partial charge in [-0.25, -0.2) is 9.59 Å². The molecule has 33 heavy (non-hydrogen) atoms. The number of β-lactam (4-membered cyclic amide) rings is 1. The Labute approximate surface area is 201 Å². The molecule has 1 aromatic rings. The number of nitrogens with two attached hydrogens (primary N) is 1. The summed E-state index contributed by atoms with van der Waals surface area (Å²) in [5.41, 5.74) is 6.67. The molecule has 10 nitrogen and oxygen atoms in total. The van der Waals surface area contributed by atoms with Gasteiger partial charge in [-0.3, -0.25) is 9.59 Å². The summed E-state index contributed by atoms with van der Waals surface area (Å²) in [6.45, 7) is 5.15. The number of cyclic esters (lactones) is 2. The molecule has 3 aliphatic heterocycles. The van der Waals surface area contributed by atoms with Gasteiger partial charge in [0.05, 0.1) is 0 Å². The van der Waals surface area contributed by atoms with E-state index in [0.717, 1.165) is 0 Å². The minimum Gasteiger partial charge on any atom is -0.460 e. The topological polar surface area (TPSA) is 137 Å². The molecule has 3 fully saturated rings. The number of nitrogens with one attached hydrogen (secondary N) is 1. The fourth-order valence-electron chi connectivity index (χ4n) is 4.07. The Bertz CT molecular complexity index is 947. The van der Waals surface area contributed by atoms with Crippen molar-refractivity contribution in [2.45, 2.75) is 61.2 Å². The van der Waals surface area contributed by atoms with Crippen LogP contribution in [0.5, 0.6) is 0 Å². The van der Waals surface area contributed by atoms with Crippen LogP contribution in [0.2, 0.25) is 0 Å². The van der Waals surface area contributed by atoms with Crippen LogP contribution in [0.1, 0.15) is 32.4 Å². The van der Waals surface area contributed by atoms with E-state index in [0.29, 0.717) is 5.56 Å². The summed E-state index contributed by atoms with van der Waals surface area (Å²) >= 11 is 1.41. The van der Waals surface area contributed by atoms with Crippen LogP contribution < -0.4 is 11.1 Å². The van der Waals surface area contributed by atoms with Crippen molar-refractivity contribution >= 4 is 48.1 Å². The van der Waals surface area contributed by atoms with E-state index >= 15 is 0 Å². The van der Waals surface area contributed by atoms with Crippen molar-refractivity contribution in [3.05, 3.63) is 35.9 Å². The van der Waals surface area contributed by atoms with Gasteiger partial charge in [-0.15, -0.1) is 24.2 Å². The number of amides is 2. The molecule has 4 rings (SSSR count). The Morgan fingerprint density at radius 2 is 1.91 bits per heavy atom. The average Bonchev–Trinajstić information content (AvgIpc) is 3.22. The van der Waals surface area contributed by atoms with Crippen LogP contribution in [-0.2, 0) is 28.6 Å². The van der Waals surface area contributed by atoms with E-state index in [9.17, 15) is 19.2 Å². The lowest BCUT2D eigenvalue weighted by atomic mass is 9.95. The first kappa shape index (κ1) is 25.1. The largest absolute Gasteiger partial charge is 0.509 e. The predicted molar refractivity (Wildman–Crippen MR) is 120 cm³/mol. The molecule has 12 heteroatoms. The molecule has 3 aliphatic rings. The molecule has 0 aliphatic carbocycles. The highest BCUT2D eigenvalue weighted by molar-refractivity contribution is 8.01. The Morgan fingerprint density at radius 1 is 1.24 bits per heavy atom. The quantitative estimate of drug-likeness (QED) is 0.435. The summed E-state index contributed by atoms with van der Waals surface area (Å²) in [5, 5.41) is 2.31. The van der Waals surface area contributed by atoms with Gasteiger partial charge >= 0.3 is 12.1 Å². The first-order chi connectivity index (χ1) is 15.1. The maximum absolute atomic E-state index is 12.9. The van der Waals surface area contributed by atoms with Crippen LogP contribution in [0.25, 0.3) is 0 Å². The molecule has 3 heterocycles. The van der Waals surface area contributed by atoms with Crippen molar-refractivity contribution in [3.63, 3.8) is 0 Å². The van der Waals surface area contributed by atoms with Crippen LogP contribution in [0.4, 0.5) is 4.79 Å². The van der Waals surface area contributed by atoms with Crippen molar-refractivity contribution in [3.8, 4) is 0 Å². The van der Waals surface area contributed by atoms with Gasteiger partial charge in [0.2, 0.25) is 11.8 Å². The molecule has 0 spiro atoms. The number of esters is 1. The highest BCUT2D eigenvalue weighted by Crippen LogP contribution is 2.51. The van der Waals surface area contributed by atoms with E-state index in [2.05, 4.69) is 5.32 Å². The van der Waals surface area contributed by atoms with Crippen LogP contribution in [0, 0.1) is 0 Å². The highest BCUT2D eigenvalue weighted by atomic mass is 35.5. The second kappa shape index (κ2) is 9.40. The van der Waals surface area contributed by atoms with Gasteiger partial charge in [0.15, 0.2) is 6.10 Å². The lowest BCUT2D eigenvalue weighted by Crippen LogP contribution is -2.71. The van der Waals surface area contributed by atoms with Gasteiger partial charge in [-0.05, 0) is 26.3 Å². The third-order valence-corrected chi connectivity index (χ3v) is 7.42. The summed E-state index contributed by atoms with van der Waals surface area (Å²) in [6.07, 6.45) is -2.04. The Hall–Kier alpha value is -2.50. The predicted octanol–water partition coefficient (Wildman–Crippen LogP) is 1.12. The number of rotatable bonds is 6. The number of halogens is 1. The highest BCUT2D eigenvalue weighted by Gasteiger charge is 2.64. The Balaban J connectivity index is 0.00000306. The lowest BCUT2D eigenvalue weighted by molar-refractivity contribution is -0.166. The number of carbonyl (C=O) groups excluding carboxylic acids is 4. The second-order valence-electron chi connectivity index (χ2n) is 8.49. The fourth-order valence-corrected chi connectivity index (χ4v) is 5.69. The van der Waals surface area contributed by atoms with Gasteiger partial charge in [0, 0.05) is 4.75 Å². The standard InChI is InChI=1S/C21H25N3O7S.ClH/c1-10-12(31-20(28)30-10)9-29-19(27)15-21(2,3)32-18-14(17(26)24(15)18)23-16(25)13(22)11-7-5-4-6-8-11;/h4-8,10,12-15,18H,9,22H2,1-3H3,(H,23,25);1H. The van der Waals surface area contributed by atoms with Crippen LogP contribution in [-0.4, -0.2) is 69.9 Å². The minimum atomic E-state index is -0.906. The van der Waals surface area contributed by atoms with Crippen molar-refractivity contribution in [2.75, 3.05) is 6.61 Å². The number of nitrogens with zero attached hydrogens (tertiary/aromatic N) is 1. The zero-order valence-corrected chi connectivity index (χ0v) is 19.9. The smallest absolute Gasteiger partial charge is 0.460 e. The second-order valence-corrected chi connectivity index (χ2v) is 10.3. The summed E-state index contributed by atoms with van der Waals surface area (Å²) in [4.78, 5) is 50.9. The first-order valence-electron chi connectivity index (χ1n) is 10.2. The van der Waals surface area contributed by atoms with E-state index in [1.165, 1.54) is 16.7 Å². The summed E-state index contributed by atoms with van der Waals surface area (Å²) < 4.78 is 14.5. The third kappa shape index (κ3) is 4.62. The molecule has 0 saturated carbocycles. The maximum Gasteiger partial charge on any atom is 0.509 e. The number of hydrogen-bond acceptors (Lipinski definition) is 9. The van der Waals surface area contributed by atoms with Crippen molar-refractivity contribution in [1.82, 2.24) is 10.2 Å². The van der Waals surface area contributed by atoms with Gasteiger partial charge in [-0.2, -0.15) is 0 Å². The molecule has 0 aromatic heterocycles. The van der Waals surface area contributed by atoms with Gasteiger partial charge < -0.3 is 30.2 Å². The maximum atomic E-state index is 12.9. The number of fused-ring (bicyclic) bond motifs is 1. The van der Waals surface area contributed by atoms with Gasteiger partial charge in [-0.1, -0.05) is 30.3 Å². The van der Waals surface area contributed by atoms with E-state index in [4.69, 9.17) is 19.9 Å². The number of thioether (sulfide) groups is 1.